The summed E-state index contributed by atoms with van der Waals surface area (Å²) in [5.74, 6) is 0.457. The minimum absolute atomic E-state index is 0.0310. The van der Waals surface area contributed by atoms with Crippen molar-refractivity contribution in [3.05, 3.63) is 0 Å². The van der Waals surface area contributed by atoms with Gasteiger partial charge in [-0.05, 0) is 38.9 Å². The Morgan fingerprint density at radius 1 is 1.23 bits per heavy atom. The number of piperidine rings is 1. The van der Waals surface area contributed by atoms with Crippen LogP contribution in [0.3, 0.4) is 0 Å². The van der Waals surface area contributed by atoms with Crippen molar-refractivity contribution in [3.8, 4) is 0 Å². The number of carbonyl (C=O) groups excluding carboxylic acids is 1. The summed E-state index contributed by atoms with van der Waals surface area (Å²) in [5.41, 5.74) is -0.511. The number of nitrogens with one attached hydrogen (secondary N) is 1. The number of nitrogens with zero attached hydrogens (tertiary/aromatic N) is 1. The fourth-order valence-electron chi connectivity index (χ4n) is 3.04. The first kappa shape index (κ1) is 21.4. The van der Waals surface area contributed by atoms with Gasteiger partial charge in [-0.2, -0.15) is 0 Å². The lowest BCUT2D eigenvalue weighted by Gasteiger charge is -2.47. The molecule has 0 aromatic carbocycles. The number of ether oxygens (including phenoxy) is 2. The van der Waals surface area contributed by atoms with Crippen molar-refractivity contribution < 1.29 is 18.7 Å². The molecule has 0 bridgehead atoms. The third-order valence-corrected chi connectivity index (χ3v) is 9.93. The highest BCUT2D eigenvalue weighted by atomic mass is 28.4. The maximum absolute atomic E-state index is 12.7. The first-order valence-corrected chi connectivity index (χ1v) is 12.4. The van der Waals surface area contributed by atoms with Gasteiger partial charge < -0.3 is 13.9 Å². The summed E-state index contributed by atoms with van der Waals surface area (Å²) in [6.07, 6.45) is 0.456. The van der Waals surface area contributed by atoms with Gasteiger partial charge in [-0.15, -0.1) is 0 Å². The molecule has 0 aromatic rings. The van der Waals surface area contributed by atoms with Crippen molar-refractivity contribution in [1.29, 1.82) is 0 Å². The van der Waals surface area contributed by atoms with Gasteiger partial charge in [0.25, 0.3) is 0 Å². The molecule has 0 radical (unpaired) electrons. The molecule has 0 aromatic heterocycles. The van der Waals surface area contributed by atoms with Crippen LogP contribution in [-0.4, -0.2) is 56.6 Å². The molecule has 2 aliphatic heterocycles. The molecule has 26 heavy (non-hydrogen) atoms. The van der Waals surface area contributed by atoms with Crippen molar-refractivity contribution in [2.45, 2.75) is 103 Å². The van der Waals surface area contributed by atoms with Crippen LogP contribution in [0.1, 0.15) is 54.9 Å². The van der Waals surface area contributed by atoms with E-state index in [1.807, 2.05) is 27.7 Å². The van der Waals surface area contributed by atoms with Gasteiger partial charge in [0.05, 0.1) is 18.2 Å². The van der Waals surface area contributed by atoms with Crippen molar-refractivity contribution in [2.24, 2.45) is 4.99 Å². The predicted molar refractivity (Wildman–Crippen MR) is 106 cm³/mol. The Bertz CT molecular complexity index is 563. The topological polar surface area (TPSA) is 69.2 Å². The fraction of sp³-hybridized carbons (Fsp3) is 0.895. The van der Waals surface area contributed by atoms with E-state index in [4.69, 9.17) is 18.9 Å². The van der Waals surface area contributed by atoms with Gasteiger partial charge in [0.2, 0.25) is 0 Å². The van der Waals surface area contributed by atoms with Crippen molar-refractivity contribution in [2.75, 3.05) is 6.61 Å². The maximum Gasteiger partial charge on any atom is 0.323 e. The van der Waals surface area contributed by atoms with Crippen molar-refractivity contribution in [1.82, 2.24) is 5.32 Å². The number of carbonyl (C=O) groups is 1. The number of fused-ring (bicyclic) bond motifs is 1. The Balaban J connectivity index is 2.23. The zero-order valence-electron chi connectivity index (χ0n) is 17.8. The van der Waals surface area contributed by atoms with Crippen LogP contribution in [-0.2, 0) is 18.7 Å². The molecular weight excluding hydrogens is 348 g/mol. The van der Waals surface area contributed by atoms with Gasteiger partial charge in [-0.25, -0.2) is 4.99 Å². The smallest absolute Gasteiger partial charge is 0.323 e. The molecule has 1 N–H and O–H groups in total. The Hall–Kier alpha value is -0.923. The molecule has 2 rings (SSSR count). The number of rotatable bonds is 3. The summed E-state index contributed by atoms with van der Waals surface area (Å²) in [6.45, 7) is 19.2. The molecule has 0 saturated carbocycles. The molecule has 0 spiro atoms. The van der Waals surface area contributed by atoms with E-state index in [0.29, 0.717) is 18.9 Å². The molecular formula is C19H36N2O4Si. The second kappa shape index (κ2) is 7.24. The molecule has 6 nitrogen and oxygen atoms in total. The molecule has 1 fully saturated rings. The zero-order chi connectivity index (χ0) is 19.9. The molecule has 7 heteroatoms. The molecule has 0 aliphatic carbocycles. The average molecular weight is 385 g/mol. The number of aliphatic imine (C=N–C) groups is 1. The third-order valence-electron chi connectivity index (χ3n) is 5.42. The van der Waals surface area contributed by atoms with E-state index >= 15 is 0 Å². The lowest BCUT2D eigenvalue weighted by atomic mass is 9.90. The number of hydrogen-bond donors (Lipinski definition) is 1. The van der Waals surface area contributed by atoms with Crippen LogP contribution in [0, 0.1) is 0 Å². The molecule has 150 valence electrons. The van der Waals surface area contributed by atoms with Crippen LogP contribution in [0.25, 0.3) is 0 Å². The first-order valence-electron chi connectivity index (χ1n) is 9.53. The summed E-state index contributed by atoms with van der Waals surface area (Å²) in [7, 11) is -1.99. The Labute approximate surface area is 159 Å². The van der Waals surface area contributed by atoms with Gasteiger partial charge >= 0.3 is 5.97 Å². The highest BCUT2D eigenvalue weighted by Crippen LogP contribution is 2.39. The number of hydrogen-bond acceptors (Lipinski definition) is 6. The van der Waals surface area contributed by atoms with E-state index in [-0.39, 0.29) is 29.2 Å². The summed E-state index contributed by atoms with van der Waals surface area (Å²) in [5, 5.41) is 3.48. The van der Waals surface area contributed by atoms with Crippen LogP contribution >= 0.6 is 0 Å². The van der Waals surface area contributed by atoms with Gasteiger partial charge in [-0.1, -0.05) is 20.8 Å². The largest absolute Gasteiger partial charge is 0.479 e. The molecule has 0 unspecified atom stereocenters. The molecule has 2 aliphatic rings. The summed E-state index contributed by atoms with van der Waals surface area (Å²) < 4.78 is 17.9. The molecule has 4 atom stereocenters. The van der Waals surface area contributed by atoms with Gasteiger partial charge in [0.1, 0.15) is 18.2 Å². The van der Waals surface area contributed by atoms with Crippen LogP contribution in [0.15, 0.2) is 4.99 Å². The minimum atomic E-state index is -1.99. The predicted octanol–water partition coefficient (Wildman–Crippen LogP) is 3.27. The van der Waals surface area contributed by atoms with E-state index in [9.17, 15) is 4.79 Å². The lowest BCUT2D eigenvalue weighted by Crippen LogP contribution is -2.64. The monoisotopic (exact) mass is 384 g/mol. The standard InChI is InChI=1S/C19H36N2O4Si/c1-12-20-16-14(11-23-12)21-13(17(22)24-18(2,3)4)10-15(16)25-26(8,9)19(5,6)7/h13-16,21H,10-11H2,1-9H3/t13-,14+,15-,16-/m0/s1. The minimum Gasteiger partial charge on any atom is -0.479 e. The summed E-state index contributed by atoms with van der Waals surface area (Å²) in [4.78, 5) is 17.4. The van der Waals surface area contributed by atoms with Crippen LogP contribution in [0.2, 0.25) is 18.1 Å². The first-order chi connectivity index (χ1) is 11.7. The average Bonchev–Trinajstić information content (AvgIpc) is 2.44. The molecule has 2 heterocycles. The lowest BCUT2D eigenvalue weighted by molar-refractivity contribution is -0.160. The quantitative estimate of drug-likeness (QED) is 0.597. The maximum atomic E-state index is 12.7. The van der Waals surface area contributed by atoms with Crippen LogP contribution < -0.4 is 5.32 Å². The van der Waals surface area contributed by atoms with E-state index in [2.05, 4.69) is 39.2 Å². The highest BCUT2D eigenvalue weighted by molar-refractivity contribution is 6.74. The van der Waals surface area contributed by atoms with E-state index in [1.54, 1.807) is 0 Å². The molecule has 0 amide bonds. The van der Waals surface area contributed by atoms with Gasteiger partial charge in [0.15, 0.2) is 14.2 Å². The SMILES string of the molecule is CC1=N[C@@H]2[C@@H](O[Si](C)(C)C(C)(C)C)C[C@@H](C(=O)OC(C)(C)C)N[C@@H]2CO1. The Morgan fingerprint density at radius 3 is 2.38 bits per heavy atom. The van der Waals surface area contributed by atoms with Crippen LogP contribution in [0.5, 0.6) is 0 Å². The highest BCUT2D eigenvalue weighted by Gasteiger charge is 2.48. The number of esters is 1. The third kappa shape index (κ3) is 5.08. The second-order valence-electron chi connectivity index (χ2n) is 9.96. The fourth-order valence-corrected chi connectivity index (χ4v) is 4.39. The van der Waals surface area contributed by atoms with E-state index in [0.717, 1.165) is 0 Å². The van der Waals surface area contributed by atoms with Crippen LogP contribution in [0.4, 0.5) is 0 Å². The summed E-state index contributed by atoms with van der Waals surface area (Å²) >= 11 is 0. The zero-order valence-corrected chi connectivity index (χ0v) is 18.8. The van der Waals surface area contributed by atoms with Crippen molar-refractivity contribution in [3.63, 3.8) is 0 Å². The van der Waals surface area contributed by atoms with Gasteiger partial charge in [0, 0.05) is 13.3 Å². The van der Waals surface area contributed by atoms with E-state index in [1.165, 1.54) is 0 Å². The Morgan fingerprint density at radius 2 is 1.85 bits per heavy atom. The second-order valence-corrected chi connectivity index (χ2v) is 14.7. The Kier molecular flexibility index (Phi) is 5.95. The summed E-state index contributed by atoms with van der Waals surface area (Å²) in [6, 6.07) is -0.473. The normalized spacial score (nSPS) is 30.1. The van der Waals surface area contributed by atoms with Crippen molar-refractivity contribution >= 4 is 20.2 Å². The van der Waals surface area contributed by atoms with E-state index < -0.39 is 20.0 Å². The molecule has 1 saturated heterocycles. The van der Waals surface area contributed by atoms with Gasteiger partial charge in [-0.3, -0.25) is 10.1 Å².